The van der Waals surface area contributed by atoms with Gasteiger partial charge in [0, 0.05) is 10.6 Å². The van der Waals surface area contributed by atoms with E-state index in [9.17, 15) is 4.79 Å². The normalized spacial score (nSPS) is 11.6. The van der Waals surface area contributed by atoms with Crippen molar-refractivity contribution in [1.29, 1.82) is 0 Å². The van der Waals surface area contributed by atoms with Crippen LogP contribution in [0.4, 0.5) is 5.69 Å². The highest BCUT2D eigenvalue weighted by Gasteiger charge is 2.19. The van der Waals surface area contributed by atoms with E-state index in [4.69, 9.17) is 11.6 Å². The van der Waals surface area contributed by atoms with Gasteiger partial charge in [0.25, 0.3) is 5.56 Å². The largest absolute Gasteiger partial charge is 0.290 e. The Bertz CT molecular complexity index is 1170. The Morgan fingerprint density at radius 2 is 1.50 bits per heavy atom. The minimum Gasteiger partial charge on any atom is -0.290 e. The topological polar surface area (TPSA) is 50.1 Å². The molecule has 1 heterocycles. The number of halogens is 1. The van der Waals surface area contributed by atoms with Gasteiger partial charge in [0.15, 0.2) is 0 Å². The summed E-state index contributed by atoms with van der Waals surface area (Å²) >= 11 is 5.96. The van der Waals surface area contributed by atoms with Gasteiger partial charge in [0.05, 0.1) is 28.3 Å². The van der Waals surface area contributed by atoms with Gasteiger partial charge in [0.2, 0.25) is 0 Å². The summed E-state index contributed by atoms with van der Waals surface area (Å²) < 4.78 is 1.55. The highest BCUT2D eigenvalue weighted by atomic mass is 35.5. The maximum atomic E-state index is 13.3. The predicted molar refractivity (Wildman–Crippen MR) is 115 cm³/mol. The number of benzene rings is 3. The number of aromatic amines is 1. The third-order valence-corrected chi connectivity index (χ3v) is 4.70. The Hall–Kier alpha value is -3.37. The van der Waals surface area contributed by atoms with E-state index in [0.717, 1.165) is 22.6 Å². The number of hydrogen-bond acceptors (Lipinski definition) is 2. The summed E-state index contributed by atoms with van der Waals surface area (Å²) in [6, 6.07) is 26.5. The molecule has 0 unspecified atom stereocenters. The molecule has 0 bridgehead atoms. The van der Waals surface area contributed by atoms with Crippen molar-refractivity contribution < 1.29 is 0 Å². The van der Waals surface area contributed by atoms with Crippen LogP contribution in [0.3, 0.4) is 0 Å². The smallest absolute Gasteiger partial charge is 0.280 e. The molecule has 1 N–H and O–H groups in total. The van der Waals surface area contributed by atoms with Crippen molar-refractivity contribution in [3.8, 4) is 16.9 Å². The van der Waals surface area contributed by atoms with Crippen LogP contribution < -0.4 is 5.56 Å². The van der Waals surface area contributed by atoms with Crippen LogP contribution in [0.1, 0.15) is 12.5 Å². The molecule has 1 aromatic heterocycles. The molecule has 28 heavy (non-hydrogen) atoms. The molecule has 5 heteroatoms. The number of rotatable bonds is 4. The summed E-state index contributed by atoms with van der Waals surface area (Å²) in [4.78, 5) is 17.9. The lowest BCUT2D eigenvalue weighted by molar-refractivity contribution is 0.852. The molecule has 0 saturated heterocycles. The Morgan fingerprint density at radius 3 is 2.14 bits per heavy atom. The van der Waals surface area contributed by atoms with E-state index in [1.54, 1.807) is 16.8 Å². The lowest BCUT2D eigenvalue weighted by atomic mass is 10.1. The van der Waals surface area contributed by atoms with Crippen molar-refractivity contribution in [3.05, 3.63) is 106 Å². The van der Waals surface area contributed by atoms with Crippen molar-refractivity contribution >= 4 is 23.0 Å². The van der Waals surface area contributed by atoms with Crippen LogP contribution in [0.5, 0.6) is 0 Å². The Labute approximate surface area is 167 Å². The van der Waals surface area contributed by atoms with Crippen molar-refractivity contribution in [2.24, 2.45) is 4.99 Å². The summed E-state index contributed by atoms with van der Waals surface area (Å²) in [5.41, 5.74) is 4.23. The minimum absolute atomic E-state index is 0.139. The summed E-state index contributed by atoms with van der Waals surface area (Å²) in [5, 5.41) is 3.91. The maximum Gasteiger partial charge on any atom is 0.280 e. The maximum absolute atomic E-state index is 13.3. The van der Waals surface area contributed by atoms with E-state index in [1.165, 1.54) is 0 Å². The monoisotopic (exact) mass is 387 g/mol. The van der Waals surface area contributed by atoms with E-state index in [0.29, 0.717) is 16.3 Å². The number of aromatic nitrogens is 2. The zero-order valence-corrected chi connectivity index (χ0v) is 16.0. The molecule has 0 radical (unpaired) electrons. The van der Waals surface area contributed by atoms with Gasteiger partial charge in [-0.3, -0.25) is 14.9 Å². The molecule has 0 aliphatic carbocycles. The van der Waals surface area contributed by atoms with Gasteiger partial charge >= 0.3 is 0 Å². The van der Waals surface area contributed by atoms with Gasteiger partial charge in [0.1, 0.15) is 0 Å². The second-order valence-corrected chi connectivity index (χ2v) is 6.81. The molecule has 0 spiro atoms. The minimum atomic E-state index is -0.139. The van der Waals surface area contributed by atoms with Crippen molar-refractivity contribution in [3.63, 3.8) is 0 Å². The van der Waals surface area contributed by atoms with E-state index in [1.807, 2.05) is 79.7 Å². The SMILES string of the molecule is CC(=Nc1ccc(Cl)cc1)c1c(-c2ccccc2)[nH]n(-c2ccccc2)c1=O. The first kappa shape index (κ1) is 18.0. The molecule has 4 rings (SSSR count). The van der Waals surface area contributed by atoms with E-state index < -0.39 is 0 Å². The van der Waals surface area contributed by atoms with Gasteiger partial charge < -0.3 is 0 Å². The first-order valence-electron chi connectivity index (χ1n) is 8.90. The molecular formula is C23H18ClN3O. The van der Waals surface area contributed by atoms with Gasteiger partial charge in [-0.2, -0.15) is 0 Å². The fraction of sp³-hybridized carbons (Fsp3) is 0.0435. The predicted octanol–water partition coefficient (Wildman–Crippen LogP) is 5.63. The first-order valence-corrected chi connectivity index (χ1v) is 9.28. The fourth-order valence-electron chi connectivity index (χ4n) is 3.11. The number of hydrogen-bond donors (Lipinski definition) is 1. The summed E-state index contributed by atoms with van der Waals surface area (Å²) in [6.07, 6.45) is 0. The summed E-state index contributed by atoms with van der Waals surface area (Å²) in [5.74, 6) is 0. The van der Waals surface area contributed by atoms with Crippen LogP contribution in [-0.2, 0) is 0 Å². The van der Waals surface area contributed by atoms with Gasteiger partial charge in [-0.05, 0) is 43.3 Å². The first-order chi connectivity index (χ1) is 13.6. The van der Waals surface area contributed by atoms with Crippen LogP contribution in [-0.4, -0.2) is 15.5 Å². The van der Waals surface area contributed by atoms with E-state index in [-0.39, 0.29) is 5.56 Å². The molecule has 138 valence electrons. The van der Waals surface area contributed by atoms with Crippen LogP contribution >= 0.6 is 11.6 Å². The lowest BCUT2D eigenvalue weighted by Crippen LogP contribution is -2.19. The molecule has 0 aliphatic heterocycles. The lowest BCUT2D eigenvalue weighted by Gasteiger charge is -2.03. The number of aliphatic imine (C=N–C) groups is 1. The molecule has 0 atom stereocenters. The molecule has 3 aromatic carbocycles. The van der Waals surface area contributed by atoms with Gasteiger partial charge in [-0.25, -0.2) is 4.68 Å². The molecular weight excluding hydrogens is 370 g/mol. The number of nitrogens with zero attached hydrogens (tertiary/aromatic N) is 2. The molecule has 0 saturated carbocycles. The molecule has 4 aromatic rings. The Kier molecular flexibility index (Phi) is 4.96. The third kappa shape index (κ3) is 3.55. The fourth-order valence-corrected chi connectivity index (χ4v) is 3.24. The quantitative estimate of drug-likeness (QED) is 0.453. The third-order valence-electron chi connectivity index (χ3n) is 4.45. The molecule has 4 nitrogen and oxygen atoms in total. The zero-order chi connectivity index (χ0) is 19.5. The van der Waals surface area contributed by atoms with Crippen LogP contribution in [0.15, 0.2) is 94.7 Å². The van der Waals surface area contributed by atoms with E-state index >= 15 is 0 Å². The van der Waals surface area contributed by atoms with Crippen molar-refractivity contribution in [2.75, 3.05) is 0 Å². The van der Waals surface area contributed by atoms with Crippen LogP contribution in [0.2, 0.25) is 5.02 Å². The summed E-state index contributed by atoms with van der Waals surface area (Å²) in [6.45, 7) is 1.85. The Balaban J connectivity index is 1.91. The number of H-pyrrole nitrogens is 1. The van der Waals surface area contributed by atoms with Gasteiger partial charge in [-0.15, -0.1) is 0 Å². The molecule has 0 fully saturated rings. The molecule has 0 aliphatic rings. The Morgan fingerprint density at radius 1 is 0.893 bits per heavy atom. The number of para-hydroxylation sites is 1. The van der Waals surface area contributed by atoms with Crippen molar-refractivity contribution in [2.45, 2.75) is 6.92 Å². The second kappa shape index (κ2) is 7.71. The highest BCUT2D eigenvalue weighted by molar-refractivity contribution is 6.30. The van der Waals surface area contributed by atoms with E-state index in [2.05, 4.69) is 10.1 Å². The highest BCUT2D eigenvalue weighted by Crippen LogP contribution is 2.23. The average molecular weight is 388 g/mol. The molecule has 0 amide bonds. The standard InChI is InChI=1S/C23H18ClN3O/c1-16(25-19-14-12-18(24)13-15-19)21-22(17-8-4-2-5-9-17)26-27(23(21)28)20-10-6-3-7-11-20/h2-15,26H,1H3. The zero-order valence-electron chi connectivity index (χ0n) is 15.3. The van der Waals surface area contributed by atoms with Crippen molar-refractivity contribution in [1.82, 2.24) is 9.78 Å². The second-order valence-electron chi connectivity index (χ2n) is 6.38. The number of nitrogens with one attached hydrogen (secondary N) is 1. The average Bonchev–Trinajstić information content (AvgIpc) is 3.08. The van der Waals surface area contributed by atoms with Crippen LogP contribution in [0, 0.1) is 0 Å². The summed E-state index contributed by atoms with van der Waals surface area (Å²) in [7, 11) is 0. The van der Waals surface area contributed by atoms with Gasteiger partial charge in [-0.1, -0.05) is 60.1 Å². The van der Waals surface area contributed by atoms with Crippen LogP contribution in [0.25, 0.3) is 16.9 Å².